The van der Waals surface area contributed by atoms with Crippen molar-refractivity contribution in [3.63, 3.8) is 0 Å². The van der Waals surface area contributed by atoms with Crippen LogP contribution < -0.4 is 10.6 Å². The van der Waals surface area contributed by atoms with Crippen LogP contribution in [0, 0.1) is 5.92 Å². The second-order valence-corrected chi connectivity index (χ2v) is 7.33. The lowest BCUT2D eigenvalue weighted by molar-refractivity contribution is -0.136. The van der Waals surface area contributed by atoms with E-state index >= 15 is 0 Å². The summed E-state index contributed by atoms with van der Waals surface area (Å²) in [5.74, 6) is 2.16. The lowest BCUT2D eigenvalue weighted by Crippen LogP contribution is -2.50. The minimum absolute atomic E-state index is 0.152. The van der Waals surface area contributed by atoms with E-state index in [1.807, 2.05) is 18.7 Å². The van der Waals surface area contributed by atoms with Crippen molar-refractivity contribution in [2.75, 3.05) is 26.7 Å². The largest absolute Gasteiger partial charge is 0.371 e. The number of piperidine rings is 1. The first-order valence-electron chi connectivity index (χ1n) is 10.7. The fourth-order valence-corrected chi connectivity index (χ4v) is 3.52. The molecule has 2 N–H and O–H groups in total. The van der Waals surface area contributed by atoms with Gasteiger partial charge in [-0.1, -0.05) is 19.0 Å². The second-order valence-electron chi connectivity index (χ2n) is 7.33. The second kappa shape index (κ2) is 11.7. The quantitative estimate of drug-likeness (QED) is 0.477. The van der Waals surface area contributed by atoms with Gasteiger partial charge in [-0.3, -0.25) is 9.79 Å². The van der Waals surface area contributed by atoms with Gasteiger partial charge < -0.3 is 24.8 Å². The predicted octanol–water partition coefficient (Wildman–Crippen LogP) is 2.26. The molecular formula is C20H36N6O3. The van der Waals surface area contributed by atoms with Gasteiger partial charge in [0, 0.05) is 38.7 Å². The molecule has 1 amide bonds. The van der Waals surface area contributed by atoms with E-state index in [1.165, 1.54) is 0 Å². The molecule has 0 aromatic carbocycles. The zero-order valence-corrected chi connectivity index (χ0v) is 18.4. The van der Waals surface area contributed by atoms with Crippen LogP contribution in [0.3, 0.4) is 0 Å². The number of nitrogens with one attached hydrogen (secondary N) is 2. The Labute approximate surface area is 173 Å². The van der Waals surface area contributed by atoms with Crippen LogP contribution in [0.1, 0.15) is 71.2 Å². The number of amides is 1. The first kappa shape index (κ1) is 23.1. The molecule has 1 unspecified atom stereocenters. The minimum atomic E-state index is -0.192. The molecule has 9 nitrogen and oxygen atoms in total. The molecule has 0 bridgehead atoms. The van der Waals surface area contributed by atoms with Crippen molar-refractivity contribution in [2.45, 2.75) is 72.1 Å². The molecule has 1 saturated heterocycles. The molecule has 29 heavy (non-hydrogen) atoms. The predicted molar refractivity (Wildman–Crippen MR) is 111 cm³/mol. The SMILES string of the molecule is CCOC(C)c1noc(CNC(=NC)NC2CCN(C(=O)C(CC)CC)CC2)n1. The van der Waals surface area contributed by atoms with Crippen LogP contribution in [0.15, 0.2) is 9.52 Å². The highest BCUT2D eigenvalue weighted by atomic mass is 16.5. The van der Waals surface area contributed by atoms with E-state index in [4.69, 9.17) is 9.26 Å². The van der Waals surface area contributed by atoms with Gasteiger partial charge in [-0.2, -0.15) is 4.98 Å². The average molecular weight is 409 g/mol. The number of ether oxygens (including phenoxy) is 1. The van der Waals surface area contributed by atoms with Crippen molar-refractivity contribution in [1.82, 2.24) is 25.7 Å². The van der Waals surface area contributed by atoms with Gasteiger partial charge in [0.05, 0.1) is 6.54 Å². The van der Waals surface area contributed by atoms with Crippen LogP contribution in [-0.2, 0) is 16.1 Å². The smallest absolute Gasteiger partial charge is 0.246 e. The molecule has 164 valence electrons. The van der Waals surface area contributed by atoms with Crippen molar-refractivity contribution < 1.29 is 14.1 Å². The topological polar surface area (TPSA) is 105 Å². The summed E-state index contributed by atoms with van der Waals surface area (Å²) in [5.41, 5.74) is 0. The van der Waals surface area contributed by atoms with Gasteiger partial charge in [0.25, 0.3) is 0 Å². The minimum Gasteiger partial charge on any atom is -0.371 e. The molecule has 0 aliphatic carbocycles. The monoisotopic (exact) mass is 408 g/mol. The summed E-state index contributed by atoms with van der Waals surface area (Å²) in [7, 11) is 1.73. The molecule has 0 radical (unpaired) electrons. The number of likely N-dealkylation sites (tertiary alicyclic amines) is 1. The standard InChI is InChI=1S/C20H36N6O3/c1-6-15(7-2)19(27)26-11-9-16(10-12-26)23-20(21-5)22-13-17-24-18(25-29-17)14(4)28-8-3/h14-16H,6-13H2,1-5H3,(H2,21,22,23). The Morgan fingerprint density at radius 2 is 2.00 bits per heavy atom. The maximum atomic E-state index is 12.5. The van der Waals surface area contributed by atoms with E-state index < -0.39 is 0 Å². The van der Waals surface area contributed by atoms with Crippen LogP contribution in [-0.4, -0.2) is 59.7 Å². The first-order chi connectivity index (χ1) is 14.0. The molecular weight excluding hydrogens is 372 g/mol. The van der Waals surface area contributed by atoms with E-state index in [9.17, 15) is 4.79 Å². The number of rotatable bonds is 9. The Hall–Kier alpha value is -2.16. The van der Waals surface area contributed by atoms with E-state index in [0.717, 1.165) is 38.8 Å². The van der Waals surface area contributed by atoms with Gasteiger partial charge in [-0.05, 0) is 39.5 Å². The van der Waals surface area contributed by atoms with Crippen molar-refractivity contribution >= 4 is 11.9 Å². The summed E-state index contributed by atoms with van der Waals surface area (Å²) in [6.07, 6.45) is 3.44. The Bertz CT molecular complexity index is 650. The number of aliphatic imine (C=N–C) groups is 1. The van der Waals surface area contributed by atoms with Crippen molar-refractivity contribution in [1.29, 1.82) is 0 Å². The van der Waals surface area contributed by atoms with E-state index in [1.54, 1.807) is 7.05 Å². The number of hydrogen-bond acceptors (Lipinski definition) is 6. The molecule has 2 heterocycles. The average Bonchev–Trinajstić information content (AvgIpc) is 3.21. The summed E-state index contributed by atoms with van der Waals surface area (Å²) in [6, 6.07) is 0.281. The number of nitrogens with zero attached hydrogens (tertiary/aromatic N) is 4. The van der Waals surface area contributed by atoms with E-state index in [2.05, 4.69) is 39.6 Å². The van der Waals surface area contributed by atoms with Crippen LogP contribution in [0.5, 0.6) is 0 Å². The van der Waals surface area contributed by atoms with Crippen molar-refractivity contribution in [3.05, 3.63) is 11.7 Å². The molecule has 1 aliphatic heterocycles. The zero-order valence-electron chi connectivity index (χ0n) is 18.4. The number of guanidine groups is 1. The van der Waals surface area contributed by atoms with Gasteiger partial charge in [-0.25, -0.2) is 0 Å². The molecule has 0 saturated carbocycles. The molecule has 1 fully saturated rings. The van der Waals surface area contributed by atoms with Gasteiger partial charge in [0.1, 0.15) is 6.10 Å². The van der Waals surface area contributed by atoms with Gasteiger partial charge in [-0.15, -0.1) is 0 Å². The maximum Gasteiger partial charge on any atom is 0.246 e. The fraction of sp³-hybridized carbons (Fsp3) is 0.800. The Morgan fingerprint density at radius 1 is 1.31 bits per heavy atom. The Morgan fingerprint density at radius 3 is 2.59 bits per heavy atom. The van der Waals surface area contributed by atoms with E-state index in [-0.39, 0.29) is 18.1 Å². The molecule has 0 spiro atoms. The summed E-state index contributed by atoms with van der Waals surface area (Å²) in [4.78, 5) is 23.2. The molecule has 1 aromatic rings. The fourth-order valence-electron chi connectivity index (χ4n) is 3.52. The first-order valence-corrected chi connectivity index (χ1v) is 10.7. The number of carbonyl (C=O) groups is 1. The molecule has 1 atom stereocenters. The van der Waals surface area contributed by atoms with Crippen LogP contribution in [0.2, 0.25) is 0 Å². The van der Waals surface area contributed by atoms with E-state index in [0.29, 0.717) is 36.7 Å². The van der Waals surface area contributed by atoms with Crippen molar-refractivity contribution in [2.24, 2.45) is 10.9 Å². The molecule has 1 aliphatic rings. The van der Waals surface area contributed by atoms with Crippen LogP contribution >= 0.6 is 0 Å². The van der Waals surface area contributed by atoms with Gasteiger partial charge in [0.2, 0.25) is 11.8 Å². The lowest BCUT2D eigenvalue weighted by Gasteiger charge is -2.34. The Kier molecular flexibility index (Phi) is 9.37. The number of aromatic nitrogens is 2. The third-order valence-corrected chi connectivity index (χ3v) is 5.38. The van der Waals surface area contributed by atoms with Gasteiger partial charge in [0.15, 0.2) is 11.8 Å². The van der Waals surface area contributed by atoms with Gasteiger partial charge >= 0.3 is 0 Å². The third-order valence-electron chi connectivity index (χ3n) is 5.38. The van der Waals surface area contributed by atoms with Crippen molar-refractivity contribution in [3.8, 4) is 0 Å². The highest BCUT2D eigenvalue weighted by Gasteiger charge is 2.26. The molecule has 2 rings (SSSR count). The molecule has 9 heteroatoms. The molecule has 1 aromatic heterocycles. The normalized spacial score (nSPS) is 16.9. The summed E-state index contributed by atoms with van der Waals surface area (Å²) < 4.78 is 10.7. The summed E-state index contributed by atoms with van der Waals surface area (Å²) >= 11 is 0. The highest BCUT2D eigenvalue weighted by Crippen LogP contribution is 2.17. The summed E-state index contributed by atoms with van der Waals surface area (Å²) in [5, 5.41) is 10.6. The lowest BCUT2D eigenvalue weighted by atomic mass is 9.98. The van der Waals surface area contributed by atoms with Crippen LogP contribution in [0.4, 0.5) is 0 Å². The maximum absolute atomic E-state index is 12.5. The highest BCUT2D eigenvalue weighted by molar-refractivity contribution is 5.80. The van der Waals surface area contributed by atoms with Crippen LogP contribution in [0.25, 0.3) is 0 Å². The number of hydrogen-bond donors (Lipinski definition) is 2. The Balaban J connectivity index is 1.78. The number of carbonyl (C=O) groups excluding carboxylic acids is 1. The summed E-state index contributed by atoms with van der Waals surface area (Å²) in [6.45, 7) is 10.5. The third kappa shape index (κ3) is 6.69. The zero-order chi connectivity index (χ0) is 21.2.